The number of benzene rings is 1. The maximum Gasteiger partial charge on any atom is 0.346 e. The molecule has 1 heterocycles. The Kier molecular flexibility index (Phi) is 4.47. The molecule has 6 heteroatoms. The van der Waals surface area contributed by atoms with Crippen LogP contribution in [0.3, 0.4) is 0 Å². The van der Waals surface area contributed by atoms with Crippen LogP contribution in [0, 0.1) is 0 Å². The molecule has 0 aliphatic carbocycles. The van der Waals surface area contributed by atoms with Crippen molar-refractivity contribution >= 4 is 39.6 Å². The zero-order valence-corrected chi connectivity index (χ0v) is 11.8. The third-order valence-corrected chi connectivity index (χ3v) is 3.50. The lowest BCUT2D eigenvalue weighted by atomic mass is 10.3. The minimum Gasteiger partial charge on any atom is -0.466 e. The smallest absolute Gasteiger partial charge is 0.346 e. The Balaban J connectivity index is 2.01. The van der Waals surface area contributed by atoms with Crippen molar-refractivity contribution in [2.24, 2.45) is 0 Å². The van der Waals surface area contributed by atoms with Gasteiger partial charge in [-0.3, -0.25) is 0 Å². The van der Waals surface area contributed by atoms with Crippen molar-refractivity contribution in [3.63, 3.8) is 0 Å². The Morgan fingerprint density at radius 3 is 2.80 bits per heavy atom. The van der Waals surface area contributed by atoms with E-state index in [1.807, 2.05) is 24.3 Å². The van der Waals surface area contributed by atoms with Gasteiger partial charge in [0.1, 0.15) is 5.01 Å². The molecule has 1 atom stereocenters. The molecule has 1 aromatic heterocycles. The Bertz CT molecular complexity index is 629. The molecule has 0 radical (unpaired) electrons. The summed E-state index contributed by atoms with van der Waals surface area (Å²) in [6, 6.07) is 7.70. The number of carbonyl (C=O) groups excluding carboxylic acids is 2. The average molecular weight is 291 g/mol. The monoisotopic (exact) mass is 291 g/mol. The van der Waals surface area contributed by atoms with E-state index in [2.05, 4.69) is 9.72 Å². The summed E-state index contributed by atoms with van der Waals surface area (Å²) in [6.07, 6.45) is 1.89. The molecule has 0 saturated heterocycles. The van der Waals surface area contributed by atoms with Crippen LogP contribution in [0.25, 0.3) is 16.3 Å². The first kappa shape index (κ1) is 14.2. The first-order valence-electron chi connectivity index (χ1n) is 5.92. The summed E-state index contributed by atoms with van der Waals surface area (Å²) in [5.74, 6) is -1.20. The fourth-order valence-corrected chi connectivity index (χ4v) is 2.40. The highest BCUT2D eigenvalue weighted by molar-refractivity contribution is 7.19. The van der Waals surface area contributed by atoms with Crippen LogP contribution in [-0.2, 0) is 19.1 Å². The number of methoxy groups -OCH3 is 1. The molecule has 0 amide bonds. The van der Waals surface area contributed by atoms with Crippen molar-refractivity contribution in [1.82, 2.24) is 4.98 Å². The number of carbonyl (C=O) groups is 2. The van der Waals surface area contributed by atoms with Gasteiger partial charge in [-0.05, 0) is 25.1 Å². The van der Waals surface area contributed by atoms with Crippen molar-refractivity contribution in [2.45, 2.75) is 13.0 Å². The molecular formula is C14H13NO4S. The summed E-state index contributed by atoms with van der Waals surface area (Å²) in [5, 5.41) is 0.703. The largest absolute Gasteiger partial charge is 0.466 e. The predicted octanol–water partition coefficient (Wildman–Crippen LogP) is 2.41. The van der Waals surface area contributed by atoms with Gasteiger partial charge >= 0.3 is 11.9 Å². The number of fused-ring (bicyclic) bond motifs is 1. The van der Waals surface area contributed by atoms with Crippen molar-refractivity contribution in [1.29, 1.82) is 0 Å². The number of para-hydroxylation sites is 1. The summed E-state index contributed by atoms with van der Waals surface area (Å²) in [7, 11) is 1.24. The summed E-state index contributed by atoms with van der Waals surface area (Å²) < 4.78 is 10.4. The fourth-order valence-electron chi connectivity index (χ4n) is 1.53. The SMILES string of the molecule is COC(=O)C(C)OC(=O)/C=C/c1nc2ccccc2s1. The van der Waals surface area contributed by atoms with Crippen LogP contribution in [0.15, 0.2) is 30.3 Å². The Morgan fingerprint density at radius 2 is 2.10 bits per heavy atom. The second-order valence-electron chi connectivity index (χ2n) is 3.96. The van der Waals surface area contributed by atoms with Crippen LogP contribution in [0.2, 0.25) is 0 Å². The first-order valence-corrected chi connectivity index (χ1v) is 6.74. The summed E-state index contributed by atoms with van der Waals surface area (Å²) in [6.45, 7) is 1.45. The molecule has 1 aromatic carbocycles. The molecule has 0 fully saturated rings. The summed E-state index contributed by atoms with van der Waals surface area (Å²) in [4.78, 5) is 27.0. The van der Waals surface area contributed by atoms with Gasteiger partial charge in [-0.15, -0.1) is 11.3 Å². The van der Waals surface area contributed by atoms with Crippen molar-refractivity contribution in [2.75, 3.05) is 7.11 Å². The number of nitrogens with zero attached hydrogens (tertiary/aromatic N) is 1. The van der Waals surface area contributed by atoms with E-state index in [1.54, 1.807) is 6.08 Å². The number of hydrogen-bond donors (Lipinski definition) is 0. The number of esters is 2. The van der Waals surface area contributed by atoms with Crippen molar-refractivity contribution < 1.29 is 19.1 Å². The highest BCUT2D eigenvalue weighted by atomic mass is 32.1. The number of aromatic nitrogens is 1. The molecule has 20 heavy (non-hydrogen) atoms. The van der Waals surface area contributed by atoms with Crippen LogP contribution in [0.4, 0.5) is 0 Å². The van der Waals surface area contributed by atoms with Gasteiger partial charge in [-0.25, -0.2) is 14.6 Å². The summed E-state index contributed by atoms with van der Waals surface area (Å²) in [5.41, 5.74) is 0.883. The molecule has 0 N–H and O–H groups in total. The second-order valence-corrected chi connectivity index (χ2v) is 5.02. The normalized spacial score (nSPS) is 12.5. The Hall–Kier alpha value is -2.21. The second kappa shape index (κ2) is 6.29. The van der Waals surface area contributed by atoms with Gasteiger partial charge in [0.05, 0.1) is 17.3 Å². The maximum atomic E-state index is 11.5. The number of thiazole rings is 1. The highest BCUT2D eigenvalue weighted by Gasteiger charge is 2.16. The van der Waals surface area contributed by atoms with Gasteiger partial charge in [-0.2, -0.15) is 0 Å². The molecule has 0 aliphatic rings. The van der Waals surface area contributed by atoms with Crippen LogP contribution >= 0.6 is 11.3 Å². The summed E-state index contributed by atoms with van der Waals surface area (Å²) >= 11 is 1.47. The molecule has 5 nitrogen and oxygen atoms in total. The highest BCUT2D eigenvalue weighted by Crippen LogP contribution is 2.22. The van der Waals surface area contributed by atoms with E-state index >= 15 is 0 Å². The van der Waals surface area contributed by atoms with Gasteiger partial charge in [0, 0.05) is 6.08 Å². The molecule has 104 valence electrons. The van der Waals surface area contributed by atoms with E-state index in [0.717, 1.165) is 10.2 Å². The Labute approximate surface area is 119 Å². The fraction of sp³-hybridized carbons (Fsp3) is 0.214. The van der Waals surface area contributed by atoms with E-state index in [1.165, 1.54) is 31.4 Å². The van der Waals surface area contributed by atoms with Gasteiger partial charge in [-0.1, -0.05) is 12.1 Å². The van der Waals surface area contributed by atoms with Crippen LogP contribution in [0.1, 0.15) is 11.9 Å². The topological polar surface area (TPSA) is 65.5 Å². The van der Waals surface area contributed by atoms with E-state index < -0.39 is 18.0 Å². The molecule has 1 unspecified atom stereocenters. The molecule has 0 aliphatic heterocycles. The van der Waals surface area contributed by atoms with Crippen molar-refractivity contribution in [3.8, 4) is 0 Å². The quantitative estimate of drug-likeness (QED) is 0.639. The molecule has 0 spiro atoms. The lowest BCUT2D eigenvalue weighted by Gasteiger charge is -2.08. The van der Waals surface area contributed by atoms with Gasteiger partial charge in [0.2, 0.25) is 0 Å². The number of hydrogen-bond acceptors (Lipinski definition) is 6. The standard InChI is InChI=1S/C14H13NO4S/c1-9(14(17)18-2)19-13(16)8-7-12-15-10-5-3-4-6-11(10)20-12/h3-9H,1-2H3/b8-7+. The molecule has 2 aromatic rings. The van der Waals surface area contributed by atoms with E-state index in [-0.39, 0.29) is 0 Å². The Morgan fingerprint density at radius 1 is 1.35 bits per heavy atom. The predicted molar refractivity (Wildman–Crippen MR) is 76.2 cm³/mol. The van der Waals surface area contributed by atoms with E-state index in [0.29, 0.717) is 5.01 Å². The zero-order chi connectivity index (χ0) is 14.5. The minimum absolute atomic E-state index is 0.591. The molecular weight excluding hydrogens is 278 g/mol. The number of ether oxygens (including phenoxy) is 2. The van der Waals surface area contributed by atoms with E-state index in [9.17, 15) is 9.59 Å². The van der Waals surface area contributed by atoms with Crippen molar-refractivity contribution in [3.05, 3.63) is 35.3 Å². The van der Waals surface area contributed by atoms with Crippen LogP contribution in [0.5, 0.6) is 0 Å². The zero-order valence-electron chi connectivity index (χ0n) is 11.0. The molecule has 0 saturated carbocycles. The van der Waals surface area contributed by atoms with Gasteiger partial charge in [0.15, 0.2) is 6.10 Å². The lowest BCUT2D eigenvalue weighted by molar-refractivity contribution is -0.161. The number of rotatable bonds is 4. The third-order valence-electron chi connectivity index (χ3n) is 2.50. The van der Waals surface area contributed by atoms with Crippen LogP contribution < -0.4 is 0 Å². The molecule has 2 rings (SSSR count). The van der Waals surface area contributed by atoms with E-state index in [4.69, 9.17) is 4.74 Å². The lowest BCUT2D eigenvalue weighted by Crippen LogP contribution is -2.24. The van der Waals surface area contributed by atoms with Crippen LogP contribution in [-0.4, -0.2) is 30.1 Å². The third kappa shape index (κ3) is 3.42. The first-order chi connectivity index (χ1) is 9.60. The maximum absolute atomic E-state index is 11.5. The van der Waals surface area contributed by atoms with Gasteiger partial charge in [0.25, 0.3) is 0 Å². The molecule has 0 bridgehead atoms. The minimum atomic E-state index is -0.924. The van der Waals surface area contributed by atoms with Gasteiger partial charge < -0.3 is 9.47 Å². The average Bonchev–Trinajstić information content (AvgIpc) is 2.87.